The van der Waals surface area contributed by atoms with E-state index in [1.807, 2.05) is 27.7 Å². The lowest BCUT2D eigenvalue weighted by molar-refractivity contribution is 0.0168. The molecular weight excluding hydrogens is 326 g/mol. The van der Waals surface area contributed by atoms with Gasteiger partial charge in [-0.2, -0.15) is 0 Å². The highest BCUT2D eigenvalue weighted by molar-refractivity contribution is 6.03. The quantitative estimate of drug-likeness (QED) is 0.523. The average molecular weight is 362 g/mol. The molecule has 1 fully saturated rings. The highest BCUT2D eigenvalue weighted by Crippen LogP contribution is 2.24. The predicted molar refractivity (Wildman–Crippen MR) is 109 cm³/mol. The zero-order valence-electron chi connectivity index (χ0n) is 17.6. The van der Waals surface area contributed by atoms with Crippen molar-refractivity contribution in [1.82, 2.24) is 9.80 Å². The average Bonchev–Trinajstić information content (AvgIpc) is 2.57. The maximum Gasteiger partial charge on any atom is 0.410 e. The van der Waals surface area contributed by atoms with E-state index in [1.165, 1.54) is 16.8 Å². The van der Waals surface area contributed by atoms with Crippen LogP contribution in [0, 0.1) is 0 Å². The fraction of sp³-hybridized carbons (Fsp3) is 0.619. The van der Waals surface area contributed by atoms with Crippen LogP contribution in [-0.2, 0) is 4.74 Å². The Hall–Kier alpha value is -2.04. The molecule has 5 nitrogen and oxygen atoms in total. The van der Waals surface area contributed by atoms with Gasteiger partial charge in [0.25, 0.3) is 0 Å². The third kappa shape index (κ3) is 6.04. The van der Waals surface area contributed by atoms with Gasteiger partial charge in [0.15, 0.2) is 0 Å². The van der Waals surface area contributed by atoms with E-state index in [4.69, 9.17) is 4.74 Å². The maximum absolute atomic E-state index is 12.3. The van der Waals surface area contributed by atoms with Gasteiger partial charge in [-0.25, -0.2) is 4.79 Å². The van der Waals surface area contributed by atoms with Crippen molar-refractivity contribution in [3.8, 4) is 0 Å². The summed E-state index contributed by atoms with van der Waals surface area (Å²) >= 11 is 0. The molecule has 146 valence electrons. The molecule has 1 aliphatic rings. The summed E-state index contributed by atoms with van der Waals surface area (Å²) < 4.78 is 5.48. The number of allylic oxidation sites excluding steroid dienone is 4. The van der Waals surface area contributed by atoms with Gasteiger partial charge in [-0.05, 0) is 53.5 Å². The van der Waals surface area contributed by atoms with Gasteiger partial charge in [0.1, 0.15) is 5.60 Å². The smallest absolute Gasteiger partial charge is 0.410 e. The molecule has 0 aromatic carbocycles. The maximum atomic E-state index is 12.3. The minimum absolute atomic E-state index is 0.230. The summed E-state index contributed by atoms with van der Waals surface area (Å²) in [6.45, 7) is 20.7. The second kappa shape index (κ2) is 9.60. The molecule has 0 atom stereocenters. The predicted octanol–water partition coefficient (Wildman–Crippen LogP) is 4.77. The molecule has 1 heterocycles. The monoisotopic (exact) mass is 361 g/mol. The molecule has 0 bridgehead atoms. The Kier molecular flexibility index (Phi) is 8.12. The highest BCUT2D eigenvalue weighted by Gasteiger charge is 2.27. The zero-order chi connectivity index (χ0) is 19.9. The SMILES string of the molecule is C=C\N=C(C)/C(C(=C\C)/CC)=C(\C)N1CCN(C(=O)OC(C)(C)C)CC1. The summed E-state index contributed by atoms with van der Waals surface area (Å²) in [5.41, 5.74) is 4.17. The number of nitrogens with zero attached hydrogens (tertiary/aromatic N) is 3. The van der Waals surface area contributed by atoms with E-state index in [1.54, 1.807) is 11.1 Å². The van der Waals surface area contributed by atoms with Crippen LogP contribution in [0.15, 0.2) is 40.7 Å². The minimum Gasteiger partial charge on any atom is -0.444 e. The van der Waals surface area contributed by atoms with Crippen LogP contribution in [0.25, 0.3) is 0 Å². The van der Waals surface area contributed by atoms with Crippen LogP contribution in [0.3, 0.4) is 0 Å². The Balaban J connectivity index is 2.97. The molecule has 0 unspecified atom stereocenters. The highest BCUT2D eigenvalue weighted by atomic mass is 16.6. The molecule has 0 N–H and O–H groups in total. The molecular formula is C21H35N3O2. The Morgan fingerprint density at radius 2 is 1.69 bits per heavy atom. The molecule has 26 heavy (non-hydrogen) atoms. The number of hydrogen-bond acceptors (Lipinski definition) is 4. The van der Waals surface area contributed by atoms with E-state index in [-0.39, 0.29) is 6.09 Å². The number of hydrogen-bond donors (Lipinski definition) is 0. The van der Waals surface area contributed by atoms with Crippen LogP contribution >= 0.6 is 0 Å². The molecule has 0 aromatic heterocycles. The van der Waals surface area contributed by atoms with Gasteiger partial charge in [-0.3, -0.25) is 4.99 Å². The molecule has 1 aliphatic heterocycles. The second-order valence-corrected chi connectivity index (χ2v) is 7.48. The van der Waals surface area contributed by atoms with Gasteiger partial charge in [0.05, 0.1) is 0 Å². The van der Waals surface area contributed by atoms with Gasteiger partial charge < -0.3 is 14.5 Å². The number of piperazine rings is 1. The lowest BCUT2D eigenvalue weighted by atomic mass is 9.96. The van der Waals surface area contributed by atoms with E-state index in [0.29, 0.717) is 13.1 Å². The van der Waals surface area contributed by atoms with Crippen LogP contribution in [0.2, 0.25) is 0 Å². The van der Waals surface area contributed by atoms with Crippen molar-refractivity contribution >= 4 is 11.8 Å². The van der Waals surface area contributed by atoms with Crippen LogP contribution in [0.4, 0.5) is 4.79 Å². The van der Waals surface area contributed by atoms with Crippen molar-refractivity contribution in [1.29, 1.82) is 0 Å². The van der Waals surface area contributed by atoms with Gasteiger partial charge in [0, 0.05) is 49.4 Å². The molecule has 0 radical (unpaired) electrons. The molecule has 1 rings (SSSR count). The van der Waals surface area contributed by atoms with Crippen molar-refractivity contribution in [3.05, 3.63) is 35.7 Å². The topological polar surface area (TPSA) is 45.1 Å². The Morgan fingerprint density at radius 1 is 1.15 bits per heavy atom. The number of rotatable bonds is 5. The van der Waals surface area contributed by atoms with Crippen molar-refractivity contribution in [2.75, 3.05) is 26.2 Å². The number of aliphatic imine (C=N–C) groups is 1. The van der Waals surface area contributed by atoms with E-state index < -0.39 is 5.60 Å². The third-order valence-corrected chi connectivity index (χ3v) is 4.46. The standard InChI is InChI=1S/C21H35N3O2/c1-9-18(10-2)19(16(4)22-11-3)17(5)23-12-14-24(15-13-23)20(25)26-21(6,7)8/h9,11H,3,10,12-15H2,1-2,4-8H3/b18-9-,19-17-,22-16-. The van der Waals surface area contributed by atoms with E-state index >= 15 is 0 Å². The summed E-state index contributed by atoms with van der Waals surface area (Å²) in [6.07, 6.45) is 4.46. The fourth-order valence-corrected chi connectivity index (χ4v) is 3.16. The van der Waals surface area contributed by atoms with E-state index in [0.717, 1.165) is 25.2 Å². The Labute approximate surface area is 159 Å². The van der Waals surface area contributed by atoms with Crippen LogP contribution in [0.1, 0.15) is 54.9 Å². The molecule has 0 spiro atoms. The van der Waals surface area contributed by atoms with Crippen molar-refractivity contribution < 1.29 is 9.53 Å². The summed E-state index contributed by atoms with van der Waals surface area (Å²) in [6, 6.07) is 0. The van der Waals surface area contributed by atoms with Crippen molar-refractivity contribution in [3.63, 3.8) is 0 Å². The Bertz CT molecular complexity index is 597. The summed E-state index contributed by atoms with van der Waals surface area (Å²) in [5.74, 6) is 0. The molecule has 1 saturated heterocycles. The summed E-state index contributed by atoms with van der Waals surface area (Å²) in [7, 11) is 0. The Morgan fingerprint density at radius 3 is 2.12 bits per heavy atom. The number of carbonyl (C=O) groups is 1. The van der Waals surface area contributed by atoms with Crippen LogP contribution < -0.4 is 0 Å². The molecule has 5 heteroatoms. The number of ether oxygens (including phenoxy) is 1. The second-order valence-electron chi connectivity index (χ2n) is 7.48. The van der Waals surface area contributed by atoms with E-state index in [2.05, 4.69) is 43.3 Å². The molecule has 1 amide bonds. The van der Waals surface area contributed by atoms with Crippen LogP contribution in [-0.4, -0.2) is 53.4 Å². The molecule has 0 aliphatic carbocycles. The summed E-state index contributed by atoms with van der Waals surface area (Å²) in [5, 5.41) is 0. The van der Waals surface area contributed by atoms with Gasteiger partial charge in [0.2, 0.25) is 0 Å². The van der Waals surface area contributed by atoms with Gasteiger partial charge in [-0.1, -0.05) is 19.6 Å². The first kappa shape index (κ1) is 22.0. The minimum atomic E-state index is -0.461. The molecule has 0 saturated carbocycles. The largest absolute Gasteiger partial charge is 0.444 e. The van der Waals surface area contributed by atoms with Crippen molar-refractivity contribution in [2.45, 2.75) is 60.5 Å². The van der Waals surface area contributed by atoms with Gasteiger partial charge >= 0.3 is 6.09 Å². The number of amides is 1. The molecule has 0 aromatic rings. The van der Waals surface area contributed by atoms with E-state index in [9.17, 15) is 4.79 Å². The first-order valence-electron chi connectivity index (χ1n) is 9.39. The first-order chi connectivity index (χ1) is 12.1. The third-order valence-electron chi connectivity index (χ3n) is 4.46. The summed E-state index contributed by atoms with van der Waals surface area (Å²) in [4.78, 5) is 20.8. The first-order valence-corrected chi connectivity index (χ1v) is 9.39. The lowest BCUT2D eigenvalue weighted by Crippen LogP contribution is -2.49. The van der Waals surface area contributed by atoms with Crippen molar-refractivity contribution in [2.24, 2.45) is 4.99 Å². The number of carbonyl (C=O) groups excluding carboxylic acids is 1. The normalized spacial score (nSPS) is 17.8. The van der Waals surface area contributed by atoms with Crippen LogP contribution in [0.5, 0.6) is 0 Å². The zero-order valence-corrected chi connectivity index (χ0v) is 17.6. The fourth-order valence-electron chi connectivity index (χ4n) is 3.16. The lowest BCUT2D eigenvalue weighted by Gasteiger charge is -2.38. The van der Waals surface area contributed by atoms with Gasteiger partial charge in [-0.15, -0.1) is 0 Å².